The van der Waals surface area contributed by atoms with Crippen LogP contribution in [0.25, 0.3) is 0 Å². The van der Waals surface area contributed by atoms with Gasteiger partial charge in [-0.1, -0.05) is 0 Å². The Bertz CT molecular complexity index is 420. The second kappa shape index (κ2) is 8.20. The average molecular weight is 293 g/mol. The highest BCUT2D eigenvalue weighted by Gasteiger charge is 2.21. The van der Waals surface area contributed by atoms with Crippen LogP contribution in [0.4, 0.5) is 5.82 Å². The van der Waals surface area contributed by atoms with Crippen LogP contribution < -0.4 is 15.0 Å². The number of hydrogen-bond donors (Lipinski definition) is 1. The SMILES string of the molecule is COCCN(CC1CCCN1)c1ncccc1OC(C)C. The summed E-state index contributed by atoms with van der Waals surface area (Å²) in [6, 6.07) is 4.43. The van der Waals surface area contributed by atoms with Crippen LogP contribution in [0.15, 0.2) is 18.3 Å². The number of methoxy groups -OCH3 is 1. The van der Waals surface area contributed by atoms with Crippen LogP contribution in [0.5, 0.6) is 5.75 Å². The molecule has 1 fully saturated rings. The Morgan fingerprint density at radius 1 is 1.48 bits per heavy atom. The molecule has 1 saturated heterocycles. The Labute approximate surface area is 127 Å². The topological polar surface area (TPSA) is 46.6 Å². The van der Waals surface area contributed by atoms with E-state index in [1.165, 1.54) is 12.8 Å². The molecular weight excluding hydrogens is 266 g/mol. The highest BCUT2D eigenvalue weighted by molar-refractivity contribution is 5.52. The van der Waals surface area contributed by atoms with Gasteiger partial charge < -0.3 is 19.7 Å². The van der Waals surface area contributed by atoms with Crippen LogP contribution in [0.1, 0.15) is 26.7 Å². The van der Waals surface area contributed by atoms with Crippen LogP contribution in [0, 0.1) is 0 Å². The van der Waals surface area contributed by atoms with Gasteiger partial charge in [-0.15, -0.1) is 0 Å². The summed E-state index contributed by atoms with van der Waals surface area (Å²) in [4.78, 5) is 6.81. The summed E-state index contributed by atoms with van der Waals surface area (Å²) >= 11 is 0. The molecule has 0 bridgehead atoms. The maximum Gasteiger partial charge on any atom is 0.171 e. The fourth-order valence-corrected chi connectivity index (χ4v) is 2.63. The third-order valence-corrected chi connectivity index (χ3v) is 3.58. The molecule has 1 aromatic heterocycles. The van der Waals surface area contributed by atoms with Crippen molar-refractivity contribution in [3.8, 4) is 5.75 Å². The van der Waals surface area contributed by atoms with Crippen molar-refractivity contribution in [3.05, 3.63) is 18.3 Å². The van der Waals surface area contributed by atoms with Crippen molar-refractivity contribution < 1.29 is 9.47 Å². The van der Waals surface area contributed by atoms with E-state index < -0.39 is 0 Å². The monoisotopic (exact) mass is 293 g/mol. The zero-order valence-corrected chi connectivity index (χ0v) is 13.3. The van der Waals surface area contributed by atoms with E-state index in [4.69, 9.17) is 9.47 Å². The lowest BCUT2D eigenvalue weighted by Gasteiger charge is -2.28. The highest BCUT2D eigenvalue weighted by atomic mass is 16.5. The fraction of sp³-hybridized carbons (Fsp3) is 0.688. The molecular formula is C16H27N3O2. The number of ether oxygens (including phenoxy) is 2. The van der Waals surface area contributed by atoms with E-state index in [1.807, 2.05) is 32.2 Å². The standard InChI is InChI=1S/C16H27N3O2/c1-13(2)21-15-7-5-9-18-16(15)19(10-11-20-3)12-14-6-4-8-17-14/h5,7,9,13-14,17H,4,6,8,10-12H2,1-3H3. The van der Waals surface area contributed by atoms with E-state index in [-0.39, 0.29) is 6.10 Å². The molecule has 0 aromatic carbocycles. The molecule has 1 atom stereocenters. The van der Waals surface area contributed by atoms with Gasteiger partial charge in [0.05, 0.1) is 12.7 Å². The molecule has 1 aliphatic rings. The van der Waals surface area contributed by atoms with Gasteiger partial charge in [0.1, 0.15) is 0 Å². The Kier molecular flexibility index (Phi) is 6.26. The molecule has 0 saturated carbocycles. The highest BCUT2D eigenvalue weighted by Crippen LogP contribution is 2.27. The molecule has 118 valence electrons. The molecule has 2 rings (SSSR count). The summed E-state index contributed by atoms with van der Waals surface area (Å²) in [6.45, 7) is 7.63. The van der Waals surface area contributed by atoms with Gasteiger partial charge in [0, 0.05) is 32.4 Å². The van der Waals surface area contributed by atoms with Crippen molar-refractivity contribution in [1.82, 2.24) is 10.3 Å². The number of pyridine rings is 1. The zero-order valence-electron chi connectivity index (χ0n) is 13.3. The Balaban J connectivity index is 2.13. The summed E-state index contributed by atoms with van der Waals surface area (Å²) in [5.41, 5.74) is 0. The van der Waals surface area contributed by atoms with Gasteiger partial charge in [0.15, 0.2) is 11.6 Å². The summed E-state index contributed by atoms with van der Waals surface area (Å²) < 4.78 is 11.2. The molecule has 1 aliphatic heterocycles. The summed E-state index contributed by atoms with van der Waals surface area (Å²) in [5, 5.41) is 3.54. The van der Waals surface area contributed by atoms with E-state index in [2.05, 4.69) is 15.2 Å². The minimum Gasteiger partial charge on any atom is -0.487 e. The maximum atomic E-state index is 5.91. The number of hydrogen-bond acceptors (Lipinski definition) is 5. The Morgan fingerprint density at radius 3 is 3.00 bits per heavy atom. The van der Waals surface area contributed by atoms with E-state index >= 15 is 0 Å². The Morgan fingerprint density at radius 2 is 2.33 bits per heavy atom. The van der Waals surface area contributed by atoms with Crippen LogP contribution in [-0.2, 0) is 4.74 Å². The predicted molar refractivity (Wildman–Crippen MR) is 85.1 cm³/mol. The lowest BCUT2D eigenvalue weighted by atomic mass is 10.2. The molecule has 0 spiro atoms. The van der Waals surface area contributed by atoms with Gasteiger partial charge in [0.2, 0.25) is 0 Å². The number of aromatic nitrogens is 1. The largest absolute Gasteiger partial charge is 0.487 e. The maximum absolute atomic E-state index is 5.91. The molecule has 0 radical (unpaired) electrons. The smallest absolute Gasteiger partial charge is 0.171 e. The minimum atomic E-state index is 0.141. The summed E-state index contributed by atoms with van der Waals surface area (Å²) in [6.07, 6.45) is 4.43. The van der Waals surface area contributed by atoms with Crippen LogP contribution >= 0.6 is 0 Å². The first-order valence-corrected chi connectivity index (χ1v) is 7.79. The van der Waals surface area contributed by atoms with Gasteiger partial charge in [-0.25, -0.2) is 4.98 Å². The van der Waals surface area contributed by atoms with Gasteiger partial charge >= 0.3 is 0 Å². The van der Waals surface area contributed by atoms with Gasteiger partial charge in [-0.2, -0.15) is 0 Å². The minimum absolute atomic E-state index is 0.141. The second-order valence-corrected chi connectivity index (χ2v) is 5.72. The number of anilines is 1. The number of nitrogens with one attached hydrogen (secondary N) is 1. The van der Waals surface area contributed by atoms with Crippen molar-refractivity contribution in [2.24, 2.45) is 0 Å². The summed E-state index contributed by atoms with van der Waals surface area (Å²) in [7, 11) is 1.73. The lowest BCUT2D eigenvalue weighted by Crippen LogP contribution is -2.40. The zero-order chi connectivity index (χ0) is 15.1. The van der Waals surface area contributed by atoms with E-state index in [0.29, 0.717) is 12.6 Å². The van der Waals surface area contributed by atoms with Gasteiger partial charge in [-0.05, 0) is 45.4 Å². The first-order valence-electron chi connectivity index (χ1n) is 7.79. The van der Waals surface area contributed by atoms with Gasteiger partial charge in [-0.3, -0.25) is 0 Å². The van der Waals surface area contributed by atoms with Crippen molar-refractivity contribution >= 4 is 5.82 Å². The van der Waals surface area contributed by atoms with E-state index in [1.54, 1.807) is 7.11 Å². The number of nitrogens with zero attached hydrogens (tertiary/aromatic N) is 2. The van der Waals surface area contributed by atoms with Crippen molar-refractivity contribution in [2.75, 3.05) is 38.3 Å². The third-order valence-electron chi connectivity index (χ3n) is 3.58. The lowest BCUT2D eigenvalue weighted by molar-refractivity contribution is 0.203. The average Bonchev–Trinajstić information content (AvgIpc) is 2.96. The molecule has 0 aliphatic carbocycles. The molecule has 21 heavy (non-hydrogen) atoms. The molecule has 1 unspecified atom stereocenters. The van der Waals surface area contributed by atoms with E-state index in [9.17, 15) is 0 Å². The van der Waals surface area contributed by atoms with Gasteiger partial charge in [0.25, 0.3) is 0 Å². The van der Waals surface area contributed by atoms with Crippen LogP contribution in [0.3, 0.4) is 0 Å². The molecule has 0 amide bonds. The molecule has 1 aromatic rings. The van der Waals surface area contributed by atoms with Crippen LogP contribution in [-0.4, -0.2) is 50.5 Å². The fourth-order valence-electron chi connectivity index (χ4n) is 2.63. The quantitative estimate of drug-likeness (QED) is 0.795. The second-order valence-electron chi connectivity index (χ2n) is 5.72. The first-order chi connectivity index (χ1) is 10.2. The first kappa shape index (κ1) is 16.0. The summed E-state index contributed by atoms with van der Waals surface area (Å²) in [5.74, 6) is 1.76. The van der Waals surface area contributed by atoms with Crippen molar-refractivity contribution in [1.29, 1.82) is 0 Å². The van der Waals surface area contributed by atoms with E-state index in [0.717, 1.165) is 31.2 Å². The molecule has 5 heteroatoms. The van der Waals surface area contributed by atoms with Crippen molar-refractivity contribution in [3.63, 3.8) is 0 Å². The molecule has 1 N–H and O–H groups in total. The third kappa shape index (κ3) is 4.86. The normalized spacial score (nSPS) is 18.2. The van der Waals surface area contributed by atoms with Crippen molar-refractivity contribution in [2.45, 2.75) is 38.8 Å². The molecule has 5 nitrogen and oxygen atoms in total. The molecule has 2 heterocycles. The number of rotatable bonds is 8. The predicted octanol–water partition coefficient (Wildman–Crippen LogP) is 2.07. The van der Waals surface area contributed by atoms with Crippen LogP contribution in [0.2, 0.25) is 0 Å². The Hall–Kier alpha value is -1.33.